The first-order valence-electron chi connectivity index (χ1n) is 6.52. The number of nitrogens with zero attached hydrogens (tertiary/aromatic N) is 3. The Morgan fingerprint density at radius 3 is 2.50 bits per heavy atom. The number of nitrogens with two attached hydrogens (primary N) is 1. The van der Waals surface area contributed by atoms with Crippen molar-refractivity contribution < 1.29 is 4.79 Å². The normalized spacial score (nSPS) is 10.7. The molecule has 0 radical (unpaired) electrons. The van der Waals surface area contributed by atoms with Crippen LogP contribution in [0.2, 0.25) is 0 Å². The molecule has 0 aliphatic carbocycles. The Balaban J connectivity index is 2.94. The Labute approximate surface area is 109 Å². The first kappa shape index (κ1) is 14.7. The molecule has 1 aromatic rings. The van der Waals surface area contributed by atoms with Crippen molar-refractivity contribution in [2.75, 3.05) is 19.6 Å². The van der Waals surface area contributed by atoms with E-state index in [-0.39, 0.29) is 5.91 Å². The van der Waals surface area contributed by atoms with Crippen LogP contribution >= 0.6 is 0 Å². The van der Waals surface area contributed by atoms with Gasteiger partial charge >= 0.3 is 0 Å². The first-order chi connectivity index (χ1) is 8.52. The molecule has 2 N–H and O–H groups in total. The number of aromatic nitrogens is 2. The van der Waals surface area contributed by atoms with Gasteiger partial charge in [0, 0.05) is 32.4 Å². The molecule has 0 bridgehead atoms. The van der Waals surface area contributed by atoms with Gasteiger partial charge in [-0.05, 0) is 20.3 Å². The predicted octanol–water partition coefficient (Wildman–Crippen LogP) is 1.24. The fourth-order valence-corrected chi connectivity index (χ4v) is 2.06. The van der Waals surface area contributed by atoms with Crippen molar-refractivity contribution in [3.63, 3.8) is 0 Å². The summed E-state index contributed by atoms with van der Waals surface area (Å²) < 4.78 is 1.75. The summed E-state index contributed by atoms with van der Waals surface area (Å²) in [7, 11) is 1.86. The van der Waals surface area contributed by atoms with E-state index in [1.54, 1.807) is 4.68 Å². The van der Waals surface area contributed by atoms with E-state index in [1.807, 2.05) is 25.8 Å². The van der Waals surface area contributed by atoms with E-state index >= 15 is 0 Å². The van der Waals surface area contributed by atoms with Gasteiger partial charge in [0.05, 0.1) is 11.3 Å². The highest BCUT2D eigenvalue weighted by atomic mass is 16.2. The molecular weight excluding hydrogens is 228 g/mol. The molecule has 18 heavy (non-hydrogen) atoms. The summed E-state index contributed by atoms with van der Waals surface area (Å²) in [5.74, 6) is 0.0528. The van der Waals surface area contributed by atoms with Gasteiger partial charge < -0.3 is 10.6 Å². The molecule has 5 nitrogen and oxygen atoms in total. The van der Waals surface area contributed by atoms with Gasteiger partial charge in [-0.15, -0.1) is 0 Å². The van der Waals surface area contributed by atoms with Crippen molar-refractivity contribution in [2.45, 2.75) is 33.6 Å². The molecule has 0 fully saturated rings. The topological polar surface area (TPSA) is 64.2 Å². The molecule has 0 spiro atoms. The minimum Gasteiger partial charge on any atom is -0.337 e. The van der Waals surface area contributed by atoms with Crippen molar-refractivity contribution in [3.8, 4) is 0 Å². The number of carbonyl (C=O) groups is 1. The van der Waals surface area contributed by atoms with Crippen LogP contribution in [0.3, 0.4) is 0 Å². The molecule has 1 amide bonds. The summed E-state index contributed by atoms with van der Waals surface area (Å²) in [6, 6.07) is 0. The largest absolute Gasteiger partial charge is 0.337 e. The number of aryl methyl sites for hydroxylation is 2. The maximum atomic E-state index is 12.5. The molecule has 0 aromatic carbocycles. The Morgan fingerprint density at radius 2 is 2.06 bits per heavy atom. The number of hydrogen-bond donors (Lipinski definition) is 1. The second-order valence-corrected chi connectivity index (χ2v) is 4.60. The lowest BCUT2D eigenvalue weighted by Gasteiger charge is -2.22. The first-order valence-corrected chi connectivity index (χ1v) is 6.52. The fourth-order valence-electron chi connectivity index (χ4n) is 2.06. The Kier molecular flexibility index (Phi) is 5.34. The minimum absolute atomic E-state index is 0.0528. The van der Waals surface area contributed by atoms with Gasteiger partial charge in [-0.2, -0.15) is 5.10 Å². The van der Waals surface area contributed by atoms with Gasteiger partial charge in [-0.3, -0.25) is 9.48 Å². The molecule has 0 atom stereocenters. The van der Waals surface area contributed by atoms with E-state index in [0.717, 1.165) is 36.3 Å². The predicted molar refractivity (Wildman–Crippen MR) is 72.5 cm³/mol. The zero-order chi connectivity index (χ0) is 13.7. The Morgan fingerprint density at radius 1 is 1.39 bits per heavy atom. The monoisotopic (exact) mass is 252 g/mol. The maximum absolute atomic E-state index is 12.5. The number of rotatable bonds is 6. The van der Waals surface area contributed by atoms with Crippen LogP contribution in [0.1, 0.15) is 41.5 Å². The van der Waals surface area contributed by atoms with Gasteiger partial charge in [-0.1, -0.05) is 13.3 Å². The molecule has 1 rings (SSSR count). The van der Waals surface area contributed by atoms with Crippen LogP contribution in [-0.4, -0.2) is 40.2 Å². The maximum Gasteiger partial charge on any atom is 0.257 e. The number of carbonyl (C=O) groups excluding carboxylic acids is 1. The second kappa shape index (κ2) is 6.54. The van der Waals surface area contributed by atoms with Crippen molar-refractivity contribution in [1.82, 2.24) is 14.7 Å². The number of hydrogen-bond acceptors (Lipinski definition) is 3. The van der Waals surface area contributed by atoms with Crippen LogP contribution in [-0.2, 0) is 7.05 Å². The summed E-state index contributed by atoms with van der Waals surface area (Å²) in [5.41, 5.74) is 8.01. The average molecular weight is 252 g/mol. The lowest BCUT2D eigenvalue weighted by atomic mass is 10.1. The molecule has 0 aliphatic rings. The standard InChI is InChI=1S/C13H24N4O/c1-5-6-8-17(9-7-14)13(18)12-10(2)15-16(4)11(12)3/h5-9,14H2,1-4H3. The summed E-state index contributed by atoms with van der Waals surface area (Å²) in [4.78, 5) is 14.3. The highest BCUT2D eigenvalue weighted by molar-refractivity contribution is 5.96. The third-order valence-electron chi connectivity index (χ3n) is 3.19. The van der Waals surface area contributed by atoms with Crippen LogP contribution < -0.4 is 5.73 Å². The summed E-state index contributed by atoms with van der Waals surface area (Å²) in [6.45, 7) is 7.78. The van der Waals surface area contributed by atoms with Gasteiger partial charge in [-0.25, -0.2) is 0 Å². The summed E-state index contributed by atoms with van der Waals surface area (Å²) >= 11 is 0. The summed E-state index contributed by atoms with van der Waals surface area (Å²) in [5, 5.41) is 4.29. The minimum atomic E-state index is 0.0528. The van der Waals surface area contributed by atoms with E-state index in [4.69, 9.17) is 5.73 Å². The van der Waals surface area contributed by atoms with E-state index in [9.17, 15) is 4.79 Å². The number of unbranched alkanes of at least 4 members (excludes halogenated alkanes) is 1. The molecule has 5 heteroatoms. The molecule has 0 saturated heterocycles. The quantitative estimate of drug-likeness (QED) is 0.828. The van der Waals surface area contributed by atoms with Gasteiger partial charge in [0.25, 0.3) is 5.91 Å². The van der Waals surface area contributed by atoms with E-state index in [1.165, 1.54) is 0 Å². The lowest BCUT2D eigenvalue weighted by Crippen LogP contribution is -2.36. The van der Waals surface area contributed by atoms with Gasteiger partial charge in [0.1, 0.15) is 0 Å². The van der Waals surface area contributed by atoms with Crippen LogP contribution in [0.15, 0.2) is 0 Å². The second-order valence-electron chi connectivity index (χ2n) is 4.60. The molecule has 0 saturated carbocycles. The third kappa shape index (κ3) is 3.10. The van der Waals surface area contributed by atoms with Crippen LogP contribution in [0.25, 0.3) is 0 Å². The van der Waals surface area contributed by atoms with E-state index < -0.39 is 0 Å². The molecular formula is C13H24N4O. The smallest absolute Gasteiger partial charge is 0.257 e. The molecule has 1 aromatic heterocycles. The average Bonchev–Trinajstić information content (AvgIpc) is 2.58. The van der Waals surface area contributed by atoms with E-state index in [2.05, 4.69) is 12.0 Å². The van der Waals surface area contributed by atoms with Crippen molar-refractivity contribution in [2.24, 2.45) is 12.8 Å². The highest BCUT2D eigenvalue weighted by Gasteiger charge is 2.22. The van der Waals surface area contributed by atoms with Crippen LogP contribution in [0.5, 0.6) is 0 Å². The van der Waals surface area contributed by atoms with Crippen LogP contribution in [0.4, 0.5) is 0 Å². The summed E-state index contributed by atoms with van der Waals surface area (Å²) in [6.07, 6.45) is 2.07. The zero-order valence-electron chi connectivity index (χ0n) is 11.9. The number of amides is 1. The fraction of sp³-hybridized carbons (Fsp3) is 0.692. The van der Waals surface area contributed by atoms with Crippen molar-refractivity contribution >= 4 is 5.91 Å². The van der Waals surface area contributed by atoms with Crippen molar-refractivity contribution in [3.05, 3.63) is 17.0 Å². The molecule has 102 valence electrons. The zero-order valence-corrected chi connectivity index (χ0v) is 11.9. The van der Waals surface area contributed by atoms with Gasteiger partial charge in [0.15, 0.2) is 0 Å². The Bertz CT molecular complexity index is 411. The molecule has 0 unspecified atom stereocenters. The lowest BCUT2D eigenvalue weighted by molar-refractivity contribution is 0.0756. The van der Waals surface area contributed by atoms with Crippen molar-refractivity contribution in [1.29, 1.82) is 0 Å². The third-order valence-corrected chi connectivity index (χ3v) is 3.19. The highest BCUT2D eigenvalue weighted by Crippen LogP contribution is 2.15. The SMILES string of the molecule is CCCCN(CCN)C(=O)c1c(C)nn(C)c1C. The Hall–Kier alpha value is -1.36. The molecule has 1 heterocycles. The van der Waals surface area contributed by atoms with Crippen LogP contribution in [0, 0.1) is 13.8 Å². The van der Waals surface area contributed by atoms with Gasteiger partial charge in [0.2, 0.25) is 0 Å². The van der Waals surface area contributed by atoms with E-state index in [0.29, 0.717) is 13.1 Å². The molecule has 0 aliphatic heterocycles.